The van der Waals surface area contributed by atoms with Crippen molar-refractivity contribution in [2.45, 2.75) is 51.2 Å². The molecule has 3 N–H and O–H groups in total. The molecule has 0 aliphatic heterocycles. The Balaban J connectivity index is 1.74. The van der Waals surface area contributed by atoms with Gasteiger partial charge in [0.1, 0.15) is 17.8 Å². The van der Waals surface area contributed by atoms with E-state index in [9.17, 15) is 19.2 Å². The molecule has 34 heavy (non-hydrogen) atoms. The zero-order valence-electron chi connectivity index (χ0n) is 19.7. The molecule has 180 valence electrons. The van der Waals surface area contributed by atoms with Crippen LogP contribution >= 0.6 is 0 Å². The predicted octanol–water partition coefficient (Wildman–Crippen LogP) is 2.02. The lowest BCUT2D eigenvalue weighted by Crippen LogP contribution is -2.56. The summed E-state index contributed by atoms with van der Waals surface area (Å²) in [5, 5.41) is 8.15. The Hall–Kier alpha value is -3.68. The van der Waals surface area contributed by atoms with Crippen LogP contribution in [-0.4, -0.2) is 48.7 Å². The first kappa shape index (κ1) is 25.0. The second-order valence-corrected chi connectivity index (χ2v) is 8.79. The van der Waals surface area contributed by atoms with Crippen molar-refractivity contribution < 1.29 is 23.9 Å². The van der Waals surface area contributed by atoms with Crippen molar-refractivity contribution in [3.63, 3.8) is 0 Å². The Morgan fingerprint density at radius 3 is 2.29 bits per heavy atom. The fraction of sp³-hybridized carbons (Fsp3) is 0.385. The third-order valence-corrected chi connectivity index (χ3v) is 5.62. The number of hydrogen-bond acceptors (Lipinski definition) is 5. The number of methoxy groups -OCH3 is 1. The molecule has 0 aromatic heterocycles. The maximum Gasteiger partial charge on any atom is 0.289 e. The number of ether oxygens (including phenoxy) is 1. The molecular formula is C26H31N3O5. The van der Waals surface area contributed by atoms with Crippen LogP contribution in [0, 0.1) is 5.92 Å². The first-order valence-electron chi connectivity index (χ1n) is 11.4. The van der Waals surface area contributed by atoms with E-state index >= 15 is 0 Å². The molecular weight excluding hydrogens is 434 g/mol. The van der Waals surface area contributed by atoms with Gasteiger partial charge in [0.25, 0.3) is 11.8 Å². The van der Waals surface area contributed by atoms with Gasteiger partial charge >= 0.3 is 0 Å². The van der Waals surface area contributed by atoms with Crippen LogP contribution in [0.4, 0.5) is 0 Å². The quantitative estimate of drug-likeness (QED) is 0.440. The van der Waals surface area contributed by atoms with E-state index in [0.717, 1.165) is 18.4 Å². The van der Waals surface area contributed by atoms with Crippen molar-refractivity contribution in [3.8, 4) is 5.75 Å². The third kappa shape index (κ3) is 6.91. The summed E-state index contributed by atoms with van der Waals surface area (Å²) < 4.78 is 5.16. The van der Waals surface area contributed by atoms with Crippen LogP contribution in [0.25, 0.3) is 0 Å². The summed E-state index contributed by atoms with van der Waals surface area (Å²) in [6.07, 6.45) is 1.86. The molecule has 3 rings (SSSR count). The van der Waals surface area contributed by atoms with Gasteiger partial charge in [-0.25, -0.2) is 0 Å². The fourth-order valence-corrected chi connectivity index (χ4v) is 3.49. The van der Waals surface area contributed by atoms with Crippen molar-refractivity contribution in [3.05, 3.63) is 65.7 Å². The Bertz CT molecular complexity index is 1030. The number of nitrogens with one attached hydrogen (secondary N) is 3. The van der Waals surface area contributed by atoms with E-state index in [-0.39, 0.29) is 18.4 Å². The number of carbonyl (C=O) groups excluding carboxylic acids is 4. The van der Waals surface area contributed by atoms with E-state index in [2.05, 4.69) is 16.0 Å². The van der Waals surface area contributed by atoms with Gasteiger partial charge in [-0.2, -0.15) is 0 Å². The molecule has 1 saturated carbocycles. The van der Waals surface area contributed by atoms with Gasteiger partial charge in [0.05, 0.1) is 7.11 Å². The number of rotatable bonds is 11. The average molecular weight is 466 g/mol. The minimum Gasteiger partial charge on any atom is -0.497 e. The van der Waals surface area contributed by atoms with E-state index in [1.54, 1.807) is 38.1 Å². The van der Waals surface area contributed by atoms with Crippen LogP contribution in [0.5, 0.6) is 5.75 Å². The smallest absolute Gasteiger partial charge is 0.289 e. The van der Waals surface area contributed by atoms with Crippen LogP contribution in [-0.2, 0) is 20.8 Å². The summed E-state index contributed by atoms with van der Waals surface area (Å²) in [6, 6.07) is 13.8. The molecule has 1 aliphatic carbocycles. The van der Waals surface area contributed by atoms with E-state index in [4.69, 9.17) is 4.74 Å². The number of ketones is 1. The highest BCUT2D eigenvalue weighted by Gasteiger charge is 2.34. The molecule has 0 unspecified atom stereocenters. The van der Waals surface area contributed by atoms with Crippen molar-refractivity contribution in [2.24, 2.45) is 5.92 Å². The molecule has 8 nitrogen and oxygen atoms in total. The molecule has 0 radical (unpaired) electrons. The van der Waals surface area contributed by atoms with Crippen molar-refractivity contribution in [1.82, 2.24) is 16.0 Å². The van der Waals surface area contributed by atoms with Gasteiger partial charge in [-0.3, -0.25) is 19.2 Å². The van der Waals surface area contributed by atoms with E-state index in [0.29, 0.717) is 11.3 Å². The third-order valence-electron chi connectivity index (χ3n) is 5.62. The highest BCUT2D eigenvalue weighted by Crippen LogP contribution is 2.19. The number of amides is 3. The summed E-state index contributed by atoms with van der Waals surface area (Å²) in [7, 11) is 1.50. The molecule has 3 amide bonds. The Morgan fingerprint density at radius 1 is 0.971 bits per heavy atom. The van der Waals surface area contributed by atoms with Crippen LogP contribution in [0.15, 0.2) is 54.6 Å². The zero-order chi connectivity index (χ0) is 24.7. The molecule has 0 saturated heterocycles. The number of hydrogen-bond donors (Lipinski definition) is 3. The zero-order valence-corrected chi connectivity index (χ0v) is 19.7. The monoisotopic (exact) mass is 465 g/mol. The highest BCUT2D eigenvalue weighted by atomic mass is 16.5. The van der Waals surface area contributed by atoms with Gasteiger partial charge in [-0.1, -0.05) is 50.2 Å². The molecule has 2 aromatic rings. The minimum atomic E-state index is -1.05. The molecule has 1 aliphatic rings. The van der Waals surface area contributed by atoms with Gasteiger partial charge in [-0.15, -0.1) is 0 Å². The van der Waals surface area contributed by atoms with Crippen molar-refractivity contribution >= 4 is 23.5 Å². The van der Waals surface area contributed by atoms with Crippen LogP contribution in [0.1, 0.15) is 42.6 Å². The van der Waals surface area contributed by atoms with Crippen LogP contribution in [0.3, 0.4) is 0 Å². The van der Waals surface area contributed by atoms with E-state index in [1.807, 2.05) is 30.3 Å². The lowest BCUT2D eigenvalue weighted by atomic mass is 9.98. The molecule has 2 aromatic carbocycles. The second kappa shape index (κ2) is 11.4. The normalized spacial score (nSPS) is 14.6. The summed E-state index contributed by atoms with van der Waals surface area (Å²) >= 11 is 0. The topological polar surface area (TPSA) is 114 Å². The number of benzene rings is 2. The van der Waals surface area contributed by atoms with Crippen LogP contribution < -0.4 is 20.7 Å². The Morgan fingerprint density at radius 2 is 1.68 bits per heavy atom. The Labute approximate surface area is 199 Å². The lowest BCUT2D eigenvalue weighted by molar-refractivity contribution is -0.140. The summed E-state index contributed by atoms with van der Waals surface area (Å²) in [5.41, 5.74) is 1.15. The molecule has 8 heteroatoms. The predicted molar refractivity (Wildman–Crippen MR) is 127 cm³/mol. The Kier molecular flexibility index (Phi) is 8.40. The van der Waals surface area contributed by atoms with Gasteiger partial charge in [-0.05, 0) is 42.5 Å². The largest absolute Gasteiger partial charge is 0.497 e. The standard InChI is InChI=1S/C26H31N3O5/c1-16(2)22(29-24(31)18-10-7-11-20(15-18)34-3)25(32)28-21(14-17-8-5-4-6-9-17)23(30)26(33)27-19-12-13-19/h4-11,15-16,19,21-22H,12-14H2,1-3H3,(H,27,33)(H,28,32)(H,29,31)/t21-,22-/m0/s1. The van der Waals surface area contributed by atoms with Gasteiger partial charge in [0.15, 0.2) is 0 Å². The maximum absolute atomic E-state index is 13.2. The van der Waals surface area contributed by atoms with Gasteiger partial charge in [0.2, 0.25) is 11.7 Å². The molecule has 0 bridgehead atoms. The highest BCUT2D eigenvalue weighted by molar-refractivity contribution is 6.38. The summed E-state index contributed by atoms with van der Waals surface area (Å²) in [4.78, 5) is 51.4. The second-order valence-electron chi connectivity index (χ2n) is 8.79. The molecule has 0 spiro atoms. The molecule has 0 heterocycles. The number of Topliss-reactive ketones (excluding diaryl/α,β-unsaturated/α-hetero) is 1. The number of carbonyl (C=O) groups is 4. The van der Waals surface area contributed by atoms with Crippen LogP contribution in [0.2, 0.25) is 0 Å². The van der Waals surface area contributed by atoms with E-state index < -0.39 is 35.6 Å². The van der Waals surface area contributed by atoms with Crippen molar-refractivity contribution in [1.29, 1.82) is 0 Å². The van der Waals surface area contributed by atoms with E-state index in [1.165, 1.54) is 7.11 Å². The summed E-state index contributed by atoms with van der Waals surface area (Å²) in [5.74, 6) is -2.11. The first-order valence-corrected chi connectivity index (χ1v) is 11.4. The molecule has 2 atom stereocenters. The van der Waals surface area contributed by atoms with Crippen molar-refractivity contribution in [2.75, 3.05) is 7.11 Å². The average Bonchev–Trinajstić information content (AvgIpc) is 3.65. The SMILES string of the molecule is COc1cccc(C(=O)N[C@H](C(=O)N[C@@H](Cc2ccccc2)C(=O)C(=O)NC2CC2)C(C)C)c1. The fourth-order valence-electron chi connectivity index (χ4n) is 3.49. The molecule has 1 fully saturated rings. The first-order chi connectivity index (χ1) is 16.3. The maximum atomic E-state index is 13.2. The van der Waals surface area contributed by atoms with Gasteiger partial charge < -0.3 is 20.7 Å². The summed E-state index contributed by atoms with van der Waals surface area (Å²) in [6.45, 7) is 3.59. The van der Waals surface area contributed by atoms with Gasteiger partial charge in [0, 0.05) is 18.0 Å². The lowest BCUT2D eigenvalue weighted by Gasteiger charge is -2.25. The minimum absolute atomic E-state index is 0.0232.